The Balaban J connectivity index is 2.57. The van der Waals surface area contributed by atoms with Gasteiger partial charge in [0.25, 0.3) is 0 Å². The summed E-state index contributed by atoms with van der Waals surface area (Å²) in [5.74, 6) is 0. The second kappa shape index (κ2) is 1.30. The highest BCUT2D eigenvalue weighted by Crippen LogP contribution is 2.11. The van der Waals surface area contributed by atoms with Gasteiger partial charge < -0.3 is 15.2 Å². The first-order valence-corrected chi connectivity index (χ1v) is 2.18. The Labute approximate surface area is 41.6 Å². The molecule has 1 aliphatic rings. The number of hydrogen-bond donors (Lipinski definition) is 0. The van der Waals surface area contributed by atoms with Crippen LogP contribution in [0.15, 0.2) is 12.3 Å². The molecule has 0 aromatic rings. The van der Waals surface area contributed by atoms with Crippen molar-refractivity contribution in [3.05, 3.63) is 22.7 Å². The molecule has 0 saturated carbocycles. The van der Waals surface area contributed by atoms with Gasteiger partial charge in [-0.05, 0) is 6.08 Å². The van der Waals surface area contributed by atoms with Crippen molar-refractivity contribution in [1.29, 1.82) is 0 Å². The molecule has 3 heteroatoms. The summed E-state index contributed by atoms with van der Waals surface area (Å²) in [6.07, 6.45) is 3.37. The fourth-order valence-electron chi connectivity index (χ4n) is 0.564. The molecule has 0 N–H and O–H groups in total. The maximum atomic E-state index is 10.2. The zero-order chi connectivity index (χ0) is 5.33. The second-order valence-electron chi connectivity index (χ2n) is 1.62. The van der Waals surface area contributed by atoms with Crippen molar-refractivity contribution in [1.82, 2.24) is 0 Å². The van der Waals surface area contributed by atoms with Gasteiger partial charge in [-0.3, -0.25) is 0 Å². The minimum atomic E-state index is -1.43. The number of hydrogen-bond acceptors (Lipinski definition) is 2. The molecular formula is C4H6NO2-. The zero-order valence-electron chi connectivity index (χ0n) is 3.83. The monoisotopic (exact) mass is 100 g/mol. The third-order valence-corrected chi connectivity index (χ3v) is 0.940. The van der Waals surface area contributed by atoms with Crippen molar-refractivity contribution in [2.24, 2.45) is 0 Å². The van der Waals surface area contributed by atoms with Crippen LogP contribution in [-0.2, 0) is 0 Å². The lowest BCUT2D eigenvalue weighted by molar-refractivity contribution is -0.768. The van der Waals surface area contributed by atoms with E-state index in [9.17, 15) is 10.4 Å². The molecule has 7 heavy (non-hydrogen) atoms. The van der Waals surface area contributed by atoms with Crippen LogP contribution in [0.5, 0.6) is 0 Å². The summed E-state index contributed by atoms with van der Waals surface area (Å²) in [5.41, 5.74) is 0. The van der Waals surface area contributed by atoms with Crippen LogP contribution in [0.3, 0.4) is 0 Å². The molecule has 0 spiro atoms. The Bertz CT molecular complexity index is 97.9. The van der Waals surface area contributed by atoms with E-state index in [-0.39, 0.29) is 6.54 Å². The van der Waals surface area contributed by atoms with Crippen LogP contribution in [0, 0.1) is 10.4 Å². The summed E-state index contributed by atoms with van der Waals surface area (Å²) in [6, 6.07) is 0. The average molecular weight is 100 g/mol. The Morgan fingerprint density at radius 3 is 2.29 bits per heavy atom. The number of quaternary nitrogens is 1. The van der Waals surface area contributed by atoms with Gasteiger partial charge in [-0.25, -0.2) is 0 Å². The van der Waals surface area contributed by atoms with Gasteiger partial charge >= 0.3 is 0 Å². The van der Waals surface area contributed by atoms with Crippen molar-refractivity contribution in [3.8, 4) is 0 Å². The zero-order valence-corrected chi connectivity index (χ0v) is 3.83. The maximum Gasteiger partial charge on any atom is 0.0920 e. The van der Waals surface area contributed by atoms with E-state index in [4.69, 9.17) is 0 Å². The van der Waals surface area contributed by atoms with Gasteiger partial charge in [-0.1, -0.05) is 0 Å². The highest BCUT2D eigenvalue weighted by atomic mass is 16.8. The van der Waals surface area contributed by atoms with Gasteiger partial charge in [0, 0.05) is 6.42 Å². The molecule has 0 bridgehead atoms. The van der Waals surface area contributed by atoms with Crippen molar-refractivity contribution >= 4 is 0 Å². The van der Waals surface area contributed by atoms with Crippen LogP contribution in [0.4, 0.5) is 0 Å². The first-order valence-electron chi connectivity index (χ1n) is 2.18. The molecule has 0 aliphatic carbocycles. The molecule has 0 amide bonds. The number of rotatable bonds is 0. The minimum Gasteiger partial charge on any atom is -0.627 e. The summed E-state index contributed by atoms with van der Waals surface area (Å²) in [6.45, 7) is 0.167. The van der Waals surface area contributed by atoms with Gasteiger partial charge in [0.05, 0.1) is 12.7 Å². The van der Waals surface area contributed by atoms with Crippen LogP contribution >= 0.6 is 0 Å². The molecule has 0 unspecified atom stereocenters. The van der Waals surface area contributed by atoms with E-state index in [0.29, 0.717) is 6.42 Å². The predicted molar refractivity (Wildman–Crippen MR) is 25.6 cm³/mol. The van der Waals surface area contributed by atoms with E-state index in [1.165, 1.54) is 0 Å². The quantitative estimate of drug-likeness (QED) is 0.332. The van der Waals surface area contributed by atoms with Gasteiger partial charge in [0.15, 0.2) is 0 Å². The fourth-order valence-corrected chi connectivity index (χ4v) is 0.564. The molecule has 0 aromatic heterocycles. The minimum absolute atomic E-state index is 0.167. The van der Waals surface area contributed by atoms with E-state index in [2.05, 4.69) is 0 Å². The SMILES string of the molecule is [O-][N+]1([O-])C=CCC1. The van der Waals surface area contributed by atoms with E-state index < -0.39 is 4.81 Å². The highest BCUT2D eigenvalue weighted by molar-refractivity contribution is 4.82. The largest absolute Gasteiger partial charge is 0.627 e. The van der Waals surface area contributed by atoms with Crippen molar-refractivity contribution in [3.63, 3.8) is 0 Å². The molecule has 3 nitrogen and oxygen atoms in total. The Kier molecular flexibility index (Phi) is 0.883. The van der Waals surface area contributed by atoms with Gasteiger partial charge in [-0.15, -0.1) is 0 Å². The van der Waals surface area contributed by atoms with E-state index >= 15 is 0 Å². The molecule has 0 saturated heterocycles. The fraction of sp³-hybridized carbons (Fsp3) is 0.500. The Hall–Kier alpha value is -0.380. The molecule has 0 aromatic carbocycles. The summed E-state index contributed by atoms with van der Waals surface area (Å²) in [7, 11) is 0. The first-order chi connectivity index (χ1) is 3.21. The first kappa shape index (κ1) is 4.77. The lowest BCUT2D eigenvalue weighted by atomic mass is 10.5. The molecule has 0 fully saturated rings. The molecule has 1 aliphatic heterocycles. The van der Waals surface area contributed by atoms with Crippen LogP contribution in [0.25, 0.3) is 0 Å². The summed E-state index contributed by atoms with van der Waals surface area (Å²) in [4.78, 5) is -1.43. The number of hydroxylamine groups is 4. The summed E-state index contributed by atoms with van der Waals surface area (Å²) in [5, 5.41) is 20.4. The Morgan fingerprint density at radius 2 is 2.14 bits per heavy atom. The highest BCUT2D eigenvalue weighted by Gasteiger charge is 2.03. The maximum absolute atomic E-state index is 10.2. The average Bonchev–Trinajstić information content (AvgIpc) is 1.84. The van der Waals surface area contributed by atoms with Crippen LogP contribution < -0.4 is 0 Å². The third-order valence-electron chi connectivity index (χ3n) is 0.940. The standard InChI is InChI=1S/C4H6NO2/c6-5(7)3-1-2-4-5/h1,3H,2,4H2/q-1. The van der Waals surface area contributed by atoms with Crippen LogP contribution in [0.1, 0.15) is 6.42 Å². The van der Waals surface area contributed by atoms with Gasteiger partial charge in [0.2, 0.25) is 0 Å². The van der Waals surface area contributed by atoms with E-state index in [1.54, 1.807) is 6.08 Å². The van der Waals surface area contributed by atoms with E-state index in [0.717, 1.165) is 6.20 Å². The molecule has 0 atom stereocenters. The van der Waals surface area contributed by atoms with Gasteiger partial charge in [0.1, 0.15) is 0 Å². The molecular weight excluding hydrogens is 94.0 g/mol. The summed E-state index contributed by atoms with van der Waals surface area (Å²) < 4.78 is 0. The third kappa shape index (κ3) is 0.991. The molecule has 1 heterocycles. The lowest BCUT2D eigenvalue weighted by Gasteiger charge is -2.39. The lowest BCUT2D eigenvalue weighted by Crippen LogP contribution is -2.25. The van der Waals surface area contributed by atoms with Crippen LogP contribution in [0.2, 0.25) is 0 Å². The Morgan fingerprint density at radius 1 is 1.43 bits per heavy atom. The smallest absolute Gasteiger partial charge is 0.0920 e. The topological polar surface area (TPSA) is 46.1 Å². The predicted octanol–water partition coefficient (Wildman–Crippen LogP) is 0.716. The molecule has 40 valence electrons. The van der Waals surface area contributed by atoms with E-state index in [1.807, 2.05) is 0 Å². The molecule has 0 radical (unpaired) electrons. The van der Waals surface area contributed by atoms with Crippen molar-refractivity contribution in [2.75, 3.05) is 6.54 Å². The van der Waals surface area contributed by atoms with Crippen molar-refractivity contribution < 1.29 is 4.81 Å². The van der Waals surface area contributed by atoms with Gasteiger partial charge in [-0.2, -0.15) is 0 Å². The number of nitrogens with zero attached hydrogens (tertiary/aromatic N) is 1. The summed E-state index contributed by atoms with van der Waals surface area (Å²) >= 11 is 0. The van der Waals surface area contributed by atoms with Crippen molar-refractivity contribution in [2.45, 2.75) is 6.42 Å². The van der Waals surface area contributed by atoms with Crippen LogP contribution in [-0.4, -0.2) is 11.4 Å². The molecule has 1 rings (SSSR count). The second-order valence-corrected chi connectivity index (χ2v) is 1.62. The normalized spacial score (nSPS) is 26.0.